The Morgan fingerprint density at radius 1 is 0.714 bits per heavy atom. The van der Waals surface area contributed by atoms with E-state index < -0.39 is 42.7 Å². The van der Waals surface area contributed by atoms with E-state index in [-0.39, 0.29) is 0 Å². The molecule has 0 aliphatic rings. The van der Waals surface area contributed by atoms with Gasteiger partial charge in [-0.2, -0.15) is 43.9 Å². The summed E-state index contributed by atoms with van der Waals surface area (Å²) in [6.45, 7) is -2.95. The lowest BCUT2D eigenvalue weighted by molar-refractivity contribution is -0.359. The van der Waals surface area contributed by atoms with Gasteiger partial charge in [-0.05, 0) is 0 Å². The fraction of sp³-hybridized carbons (Fsp3) is 0.857. The first-order valence-corrected chi connectivity index (χ1v) is 4.29. The summed E-state index contributed by atoms with van der Waals surface area (Å²) < 4.78 is 148. The van der Waals surface area contributed by atoms with Gasteiger partial charge in [-0.3, -0.25) is 4.79 Å². The molecule has 1 atom stereocenters. The Bertz CT molecular complexity index is 378. The number of alkyl halides is 12. The van der Waals surface area contributed by atoms with Gasteiger partial charge in [0.2, 0.25) is 0 Å². The van der Waals surface area contributed by atoms with Gasteiger partial charge in [-0.25, -0.2) is 8.78 Å². The molecule has 0 aliphatic carbocycles. The van der Waals surface area contributed by atoms with Gasteiger partial charge in [-0.1, -0.05) is 0 Å². The molecule has 0 aromatic carbocycles. The van der Waals surface area contributed by atoms with Crippen LogP contribution in [0.1, 0.15) is 0 Å². The van der Waals surface area contributed by atoms with Crippen LogP contribution in [-0.2, 0) is 9.53 Å². The Labute approximate surface area is 106 Å². The maximum atomic E-state index is 13.1. The molecular formula is C7H2F12O2. The molecule has 0 aliphatic heterocycles. The normalized spacial score (nSPS) is 17.5. The van der Waals surface area contributed by atoms with Gasteiger partial charge in [0.05, 0.1) is 0 Å². The lowest BCUT2D eigenvalue weighted by atomic mass is 9.92. The SMILES string of the molecule is O=C(C(F)(OCF)C(F)(F)F)C(F)(C(F)(F)F)C(F)(F)F. The van der Waals surface area contributed by atoms with Gasteiger partial charge < -0.3 is 4.74 Å². The summed E-state index contributed by atoms with van der Waals surface area (Å²) >= 11 is 0. The highest BCUT2D eigenvalue weighted by Crippen LogP contribution is 2.51. The van der Waals surface area contributed by atoms with Crippen LogP contribution in [0.2, 0.25) is 0 Å². The minimum Gasteiger partial charge on any atom is -0.301 e. The molecule has 0 amide bonds. The molecule has 0 saturated heterocycles. The highest BCUT2D eigenvalue weighted by atomic mass is 19.4. The standard InChI is InChI=1S/C7H2F12O2/c8-1-21-4(10,7(17,18)19)2(20)3(9,5(11,12)13)6(14,15)16/h1H2. The van der Waals surface area contributed by atoms with Crippen LogP contribution in [0.3, 0.4) is 0 Å². The average molecular weight is 346 g/mol. The van der Waals surface area contributed by atoms with Crippen molar-refractivity contribution >= 4 is 5.78 Å². The minimum atomic E-state index is -7.30. The van der Waals surface area contributed by atoms with Crippen LogP contribution in [-0.4, -0.2) is 42.7 Å². The van der Waals surface area contributed by atoms with E-state index in [9.17, 15) is 57.5 Å². The third kappa shape index (κ3) is 3.03. The van der Waals surface area contributed by atoms with Crippen molar-refractivity contribution in [1.29, 1.82) is 0 Å². The molecule has 1 unspecified atom stereocenters. The van der Waals surface area contributed by atoms with E-state index in [1.165, 1.54) is 0 Å². The Kier molecular flexibility index (Phi) is 4.91. The van der Waals surface area contributed by atoms with Crippen LogP contribution in [0.15, 0.2) is 0 Å². The largest absolute Gasteiger partial charge is 0.456 e. The van der Waals surface area contributed by atoms with Gasteiger partial charge >= 0.3 is 30.1 Å². The summed E-state index contributed by atoms with van der Waals surface area (Å²) in [5, 5.41) is 0. The van der Waals surface area contributed by atoms with Crippen LogP contribution in [0.4, 0.5) is 52.7 Å². The zero-order chi connectivity index (χ0) is 17.5. The van der Waals surface area contributed by atoms with E-state index in [0.717, 1.165) is 0 Å². The van der Waals surface area contributed by atoms with Crippen molar-refractivity contribution in [2.24, 2.45) is 0 Å². The first-order valence-electron chi connectivity index (χ1n) is 4.29. The molecule has 0 radical (unpaired) electrons. The maximum absolute atomic E-state index is 13.1. The summed E-state index contributed by atoms with van der Waals surface area (Å²) in [7, 11) is 0. The first-order chi connectivity index (χ1) is 8.97. The van der Waals surface area contributed by atoms with Crippen molar-refractivity contribution in [3.8, 4) is 0 Å². The molecule has 0 aromatic rings. The lowest BCUT2D eigenvalue weighted by Gasteiger charge is -2.34. The van der Waals surface area contributed by atoms with E-state index in [2.05, 4.69) is 4.74 Å². The number of carbonyl (C=O) groups is 1. The molecule has 0 rings (SSSR count). The number of carbonyl (C=O) groups excluding carboxylic acids is 1. The van der Waals surface area contributed by atoms with Crippen molar-refractivity contribution < 1.29 is 62.2 Å². The number of Topliss-reactive ketones (excluding diaryl/α,β-unsaturated/α-hetero) is 1. The zero-order valence-corrected chi connectivity index (χ0v) is 9.06. The molecule has 0 saturated carbocycles. The Balaban J connectivity index is 6.25. The monoisotopic (exact) mass is 346 g/mol. The minimum absolute atomic E-state index is 2.34. The number of hydrogen-bond donors (Lipinski definition) is 0. The van der Waals surface area contributed by atoms with E-state index in [1.807, 2.05) is 0 Å². The predicted molar refractivity (Wildman–Crippen MR) is 37.9 cm³/mol. The third-order valence-corrected chi connectivity index (χ3v) is 2.00. The van der Waals surface area contributed by atoms with Crippen molar-refractivity contribution in [2.45, 2.75) is 30.1 Å². The molecule has 0 spiro atoms. The number of rotatable bonds is 4. The molecule has 0 fully saturated rings. The van der Waals surface area contributed by atoms with Crippen LogP contribution in [0.5, 0.6) is 0 Å². The van der Waals surface area contributed by atoms with E-state index in [4.69, 9.17) is 0 Å². The van der Waals surface area contributed by atoms with E-state index in [0.29, 0.717) is 0 Å². The van der Waals surface area contributed by atoms with Crippen molar-refractivity contribution in [2.75, 3.05) is 6.86 Å². The number of hydrogen-bond acceptors (Lipinski definition) is 2. The highest BCUT2D eigenvalue weighted by molar-refractivity contribution is 5.96. The second kappa shape index (κ2) is 5.21. The summed E-state index contributed by atoms with van der Waals surface area (Å²) in [4.78, 5) is 10.6. The summed E-state index contributed by atoms with van der Waals surface area (Å²) in [6, 6.07) is 0. The molecule has 126 valence electrons. The first kappa shape index (κ1) is 19.8. The highest BCUT2D eigenvalue weighted by Gasteiger charge is 2.84. The van der Waals surface area contributed by atoms with Crippen molar-refractivity contribution in [3.05, 3.63) is 0 Å². The van der Waals surface area contributed by atoms with E-state index >= 15 is 0 Å². The van der Waals surface area contributed by atoms with E-state index in [1.54, 1.807) is 0 Å². The summed E-state index contributed by atoms with van der Waals surface area (Å²) in [5.41, 5.74) is -7.25. The van der Waals surface area contributed by atoms with Gasteiger partial charge in [0, 0.05) is 0 Å². The quantitative estimate of drug-likeness (QED) is 0.728. The average Bonchev–Trinajstić information content (AvgIpc) is 2.22. The third-order valence-electron chi connectivity index (χ3n) is 2.00. The van der Waals surface area contributed by atoms with Gasteiger partial charge in [-0.15, -0.1) is 0 Å². The molecule has 0 aromatic heterocycles. The fourth-order valence-corrected chi connectivity index (χ4v) is 0.991. The van der Waals surface area contributed by atoms with Gasteiger partial charge in [0.15, 0.2) is 6.86 Å². The van der Waals surface area contributed by atoms with Crippen molar-refractivity contribution in [1.82, 2.24) is 0 Å². The number of ketones is 1. The summed E-state index contributed by atoms with van der Waals surface area (Å²) in [5.74, 6) is -11.2. The van der Waals surface area contributed by atoms with Gasteiger partial charge in [0.25, 0.3) is 5.78 Å². The molecule has 0 N–H and O–H groups in total. The maximum Gasteiger partial charge on any atom is 0.456 e. The molecular weight excluding hydrogens is 344 g/mol. The lowest BCUT2D eigenvalue weighted by Crippen LogP contribution is -2.68. The topological polar surface area (TPSA) is 26.3 Å². The smallest absolute Gasteiger partial charge is 0.301 e. The zero-order valence-electron chi connectivity index (χ0n) is 9.06. The van der Waals surface area contributed by atoms with Crippen LogP contribution >= 0.6 is 0 Å². The number of ether oxygens (including phenoxy) is 1. The molecule has 14 heteroatoms. The fourth-order valence-electron chi connectivity index (χ4n) is 0.991. The summed E-state index contributed by atoms with van der Waals surface area (Å²) in [6.07, 6.45) is -21.5. The molecule has 2 nitrogen and oxygen atoms in total. The van der Waals surface area contributed by atoms with Gasteiger partial charge in [0.1, 0.15) is 0 Å². The van der Waals surface area contributed by atoms with Crippen molar-refractivity contribution in [3.63, 3.8) is 0 Å². The Morgan fingerprint density at radius 2 is 1.05 bits per heavy atom. The Morgan fingerprint density at radius 3 is 1.24 bits per heavy atom. The predicted octanol–water partition coefficient (Wildman–Crippen LogP) is 3.56. The molecule has 21 heavy (non-hydrogen) atoms. The second-order valence-corrected chi connectivity index (χ2v) is 3.33. The van der Waals surface area contributed by atoms with Crippen LogP contribution in [0.25, 0.3) is 0 Å². The molecule has 0 heterocycles. The second-order valence-electron chi connectivity index (χ2n) is 3.33. The molecule has 0 bridgehead atoms. The number of halogens is 12. The van der Waals surface area contributed by atoms with Crippen LogP contribution in [0, 0.1) is 0 Å². The van der Waals surface area contributed by atoms with Crippen LogP contribution < -0.4 is 0 Å². The Hall–Kier alpha value is -1.21.